The Morgan fingerprint density at radius 2 is 0.623 bits per heavy atom. The Bertz CT molecular complexity index is 1590. The minimum Gasteiger partial charge on any atom is -1.00 e. The van der Waals surface area contributed by atoms with Crippen molar-refractivity contribution in [1.82, 2.24) is 0 Å². The van der Waals surface area contributed by atoms with Crippen LogP contribution in [0.4, 0.5) is 0 Å². The quantitative estimate of drug-likeness (QED) is 0.0244. The third kappa shape index (κ3) is 20.3. The van der Waals surface area contributed by atoms with E-state index in [1.165, 1.54) is 193 Å². The molecule has 1 fully saturated rings. The molecule has 2 aliphatic rings. The van der Waals surface area contributed by atoms with Crippen molar-refractivity contribution in [1.29, 1.82) is 0 Å². The molecule has 0 radical (unpaired) electrons. The first kappa shape index (κ1) is 66.0. The normalized spacial score (nSPS) is 17.1. The second-order valence-electron chi connectivity index (χ2n) is 21.3. The summed E-state index contributed by atoms with van der Waals surface area (Å²) in [5, 5.41) is 5.22. The van der Waals surface area contributed by atoms with Crippen LogP contribution in [0.3, 0.4) is 0 Å². The minimum atomic E-state index is -2.79. The third-order valence-electron chi connectivity index (χ3n) is 15.7. The molecule has 0 bridgehead atoms. The number of aryl methyl sites for hydroxylation is 6. The second-order valence-corrected chi connectivity index (χ2v) is 25.3. The van der Waals surface area contributed by atoms with Crippen molar-refractivity contribution in [3.63, 3.8) is 0 Å². The molecule has 0 N–H and O–H groups in total. The molecule has 5 heteroatoms. The van der Waals surface area contributed by atoms with E-state index in [1.807, 2.05) is 0 Å². The maximum atomic E-state index is 2.85. The summed E-state index contributed by atoms with van der Waals surface area (Å²) in [6, 6.07) is 25.1. The van der Waals surface area contributed by atoms with Crippen molar-refractivity contribution in [3.05, 3.63) is 119 Å². The summed E-state index contributed by atoms with van der Waals surface area (Å²) in [6.07, 6.45) is 51.8. The molecule has 5 rings (SSSR count). The number of fused-ring (bicyclic) bond motifs is 1. The van der Waals surface area contributed by atoms with Crippen LogP contribution < -0.4 is 52.8 Å². The van der Waals surface area contributed by atoms with Crippen LogP contribution in [0, 0.1) is 24.2 Å². The molecular formula is C64H99Cl3SiTi. The van der Waals surface area contributed by atoms with Gasteiger partial charge in [0, 0.05) is 0 Å². The average molecular weight is 1050 g/mol. The van der Waals surface area contributed by atoms with Crippen LogP contribution in [0.1, 0.15) is 236 Å². The van der Waals surface area contributed by atoms with E-state index < -0.39 is 8.07 Å². The summed E-state index contributed by atoms with van der Waals surface area (Å²) in [5.74, 6) is 1.55. The second kappa shape index (κ2) is 37.6. The Kier molecular flexibility index (Phi) is 36.0. The zero-order valence-electron chi connectivity index (χ0n) is 45.2. The Morgan fingerprint density at radius 3 is 0.884 bits per heavy atom. The predicted molar refractivity (Wildman–Crippen MR) is 294 cm³/mol. The number of unbranched alkanes of at least 4 members (excludes halogenated alkanes) is 18. The van der Waals surface area contributed by atoms with E-state index in [0.717, 1.165) is 0 Å². The zero-order valence-corrected chi connectivity index (χ0v) is 50.1. The minimum absolute atomic E-state index is 0. The van der Waals surface area contributed by atoms with Crippen molar-refractivity contribution < 1.29 is 58.9 Å². The maximum Gasteiger partial charge on any atom is 4.00 e. The molecule has 4 atom stereocenters. The fraction of sp³-hybridized carbons (Fsp3) is 0.641. The maximum absolute atomic E-state index is 2.85. The standard InChI is InChI=1S/C64H99Si.3ClH.Ti/c1-8-14-20-26-34-53-43-54(35-27-21-15-9-2)47-60(46-53)65(64-52(7)42-59-40-32-33-41-63(59)64,61-48-55(36-28-22-16-10-3)44-56(49-61)37-29-23-17-11-4)62-50-57(38-30-24-18-12-5)45-58(51-62)39-31-25-19-13-6;;;;/h32-33,40-52,59,63-64H,8-31,34-39H2,1-7H3;3*1H;/q-1;;;;+4/p-3. The Hall–Kier alpha value is -1.06. The largest absolute Gasteiger partial charge is 4.00 e. The van der Waals surface area contributed by atoms with Crippen LogP contribution in [0.5, 0.6) is 0 Å². The van der Waals surface area contributed by atoms with E-state index in [2.05, 4.69) is 134 Å². The molecule has 4 unspecified atom stereocenters. The molecule has 0 aliphatic heterocycles. The van der Waals surface area contributed by atoms with E-state index in [0.29, 0.717) is 23.3 Å². The number of allylic oxidation sites excluding steroid dienone is 4. The molecule has 2 aliphatic carbocycles. The SMILES string of the molecule is CCCCCCc1cc(CCCCCC)cc([Si](c2cc(CCCCCC)cc(CCCCCC)c2)(c2cc(CCCCCC)cc(CCCCCC)c2)C2C(C)[CH-]C3C=CC=CC32)c1.[Cl-].[Cl-].[Cl-].[Ti+4]. The van der Waals surface area contributed by atoms with Crippen LogP contribution in [-0.2, 0) is 60.2 Å². The van der Waals surface area contributed by atoms with Crippen molar-refractivity contribution in [2.24, 2.45) is 17.8 Å². The van der Waals surface area contributed by atoms with Gasteiger partial charge in [-0.15, -0.1) is 12.0 Å². The van der Waals surface area contributed by atoms with Gasteiger partial charge in [0.2, 0.25) is 0 Å². The predicted octanol–water partition coefficient (Wildman–Crippen LogP) is 8.49. The van der Waals surface area contributed by atoms with Crippen LogP contribution in [0.25, 0.3) is 0 Å². The number of rotatable bonds is 34. The molecule has 384 valence electrons. The zero-order chi connectivity index (χ0) is 46.1. The van der Waals surface area contributed by atoms with Crippen molar-refractivity contribution in [2.75, 3.05) is 0 Å². The van der Waals surface area contributed by atoms with Gasteiger partial charge >= 0.3 is 21.7 Å². The van der Waals surface area contributed by atoms with Crippen LogP contribution >= 0.6 is 0 Å². The molecule has 0 spiro atoms. The first-order valence-electron chi connectivity index (χ1n) is 28.5. The van der Waals surface area contributed by atoms with E-state index in [4.69, 9.17) is 0 Å². The summed E-state index contributed by atoms with van der Waals surface area (Å²) in [5.41, 5.74) is 10.3. The molecule has 1 saturated carbocycles. The van der Waals surface area contributed by atoms with Gasteiger partial charge in [0.1, 0.15) is 8.07 Å². The van der Waals surface area contributed by atoms with Gasteiger partial charge in [-0.2, -0.15) is 5.92 Å². The van der Waals surface area contributed by atoms with Crippen molar-refractivity contribution in [2.45, 2.75) is 247 Å². The molecule has 3 aromatic carbocycles. The Labute approximate surface area is 462 Å². The Balaban J connectivity index is 0.00000595. The molecular weight excluding hydrogens is 951 g/mol. The first-order valence-corrected chi connectivity index (χ1v) is 30.6. The van der Waals surface area contributed by atoms with Crippen molar-refractivity contribution in [3.8, 4) is 0 Å². The fourth-order valence-electron chi connectivity index (χ4n) is 12.1. The topological polar surface area (TPSA) is 0 Å². The molecule has 0 saturated heterocycles. The first-order chi connectivity index (χ1) is 31.9. The number of benzene rings is 3. The number of hydrogen-bond acceptors (Lipinski definition) is 0. The van der Waals surface area contributed by atoms with E-state index in [-0.39, 0.29) is 58.9 Å². The van der Waals surface area contributed by atoms with Crippen LogP contribution in [0.2, 0.25) is 5.54 Å². The van der Waals surface area contributed by atoms with E-state index >= 15 is 0 Å². The summed E-state index contributed by atoms with van der Waals surface area (Å²) in [4.78, 5) is 0. The van der Waals surface area contributed by atoms with Crippen molar-refractivity contribution >= 4 is 23.6 Å². The van der Waals surface area contributed by atoms with Gasteiger partial charge in [0.05, 0.1) is 0 Å². The average Bonchev–Trinajstić information content (AvgIpc) is 3.65. The Morgan fingerprint density at radius 1 is 0.362 bits per heavy atom. The van der Waals surface area contributed by atoms with Gasteiger partial charge in [-0.3, -0.25) is 0 Å². The van der Waals surface area contributed by atoms with Gasteiger partial charge in [-0.05, 0) is 132 Å². The van der Waals surface area contributed by atoms with Crippen LogP contribution in [0.15, 0.2) is 78.9 Å². The summed E-state index contributed by atoms with van der Waals surface area (Å²) in [7, 11) is -2.79. The molecule has 0 heterocycles. The monoisotopic (exact) mass is 1050 g/mol. The van der Waals surface area contributed by atoms with E-state index in [9.17, 15) is 0 Å². The van der Waals surface area contributed by atoms with E-state index in [1.54, 1.807) is 48.9 Å². The third-order valence-corrected chi connectivity index (χ3v) is 21.2. The molecule has 0 nitrogen and oxygen atoms in total. The fourth-order valence-corrected chi connectivity index (χ4v) is 18.6. The van der Waals surface area contributed by atoms with Gasteiger partial charge in [0.15, 0.2) is 0 Å². The number of halogens is 3. The molecule has 0 amide bonds. The van der Waals surface area contributed by atoms with Gasteiger partial charge in [-0.1, -0.05) is 242 Å². The molecule has 0 aromatic heterocycles. The van der Waals surface area contributed by atoms with Gasteiger partial charge in [0.25, 0.3) is 0 Å². The summed E-state index contributed by atoms with van der Waals surface area (Å²) in [6.45, 7) is 16.8. The summed E-state index contributed by atoms with van der Waals surface area (Å²) < 4.78 is 0. The van der Waals surface area contributed by atoms with Gasteiger partial charge in [-0.25, -0.2) is 0 Å². The summed E-state index contributed by atoms with van der Waals surface area (Å²) >= 11 is 0. The smallest absolute Gasteiger partial charge is 1.00 e. The van der Waals surface area contributed by atoms with Gasteiger partial charge < -0.3 is 43.6 Å². The number of hydrogen-bond donors (Lipinski definition) is 0. The molecule has 3 aromatic rings. The van der Waals surface area contributed by atoms with Crippen LogP contribution in [-0.4, -0.2) is 8.07 Å². The molecule has 69 heavy (non-hydrogen) atoms.